The van der Waals surface area contributed by atoms with Crippen molar-refractivity contribution in [3.05, 3.63) is 35.4 Å². The van der Waals surface area contributed by atoms with Gasteiger partial charge in [0.1, 0.15) is 0 Å². The summed E-state index contributed by atoms with van der Waals surface area (Å²) >= 11 is 0. The van der Waals surface area contributed by atoms with Gasteiger partial charge in [-0.15, -0.1) is 0 Å². The molecule has 3 nitrogen and oxygen atoms in total. The van der Waals surface area contributed by atoms with E-state index in [0.717, 1.165) is 26.0 Å². The average molecular weight is 248 g/mol. The van der Waals surface area contributed by atoms with Crippen LogP contribution in [-0.4, -0.2) is 20.3 Å². The Morgan fingerprint density at radius 1 is 1.22 bits per heavy atom. The number of ether oxygens (including phenoxy) is 1. The van der Waals surface area contributed by atoms with Crippen LogP contribution in [0.2, 0.25) is 0 Å². The lowest BCUT2D eigenvalue weighted by Crippen LogP contribution is -2.21. The minimum atomic E-state index is 0.201. The smallest absolute Gasteiger partial charge is 0.0462 e. The molecule has 3 N–H and O–H groups in total. The van der Waals surface area contributed by atoms with Crippen molar-refractivity contribution in [2.24, 2.45) is 5.73 Å². The summed E-state index contributed by atoms with van der Waals surface area (Å²) < 4.78 is 5.05. The maximum Gasteiger partial charge on any atom is 0.0462 e. The molecule has 1 aromatic rings. The first-order valence-corrected chi connectivity index (χ1v) is 6.89. The second-order valence-corrected chi connectivity index (χ2v) is 5.03. The van der Waals surface area contributed by atoms with Gasteiger partial charge >= 0.3 is 0 Å². The van der Waals surface area contributed by atoms with E-state index in [-0.39, 0.29) is 6.04 Å². The predicted molar refractivity (Wildman–Crippen MR) is 74.5 cm³/mol. The Morgan fingerprint density at radius 3 is 2.78 bits per heavy atom. The van der Waals surface area contributed by atoms with Crippen LogP contribution in [0.1, 0.15) is 48.9 Å². The predicted octanol–water partition coefficient (Wildman–Crippen LogP) is 2.54. The van der Waals surface area contributed by atoms with Gasteiger partial charge in [0.25, 0.3) is 0 Å². The topological polar surface area (TPSA) is 47.3 Å². The van der Waals surface area contributed by atoms with Crippen LogP contribution >= 0.6 is 0 Å². The van der Waals surface area contributed by atoms with Gasteiger partial charge in [0.05, 0.1) is 0 Å². The van der Waals surface area contributed by atoms with E-state index >= 15 is 0 Å². The van der Waals surface area contributed by atoms with Crippen LogP contribution in [0.5, 0.6) is 0 Å². The lowest BCUT2D eigenvalue weighted by molar-refractivity contribution is 0.192. The maximum atomic E-state index is 6.15. The van der Waals surface area contributed by atoms with Crippen molar-refractivity contribution in [2.75, 3.05) is 20.3 Å². The van der Waals surface area contributed by atoms with Crippen molar-refractivity contribution < 1.29 is 4.74 Å². The zero-order chi connectivity index (χ0) is 12.8. The van der Waals surface area contributed by atoms with E-state index in [0.29, 0.717) is 6.04 Å². The fraction of sp³-hybridized carbons (Fsp3) is 0.600. The molecule has 1 aliphatic rings. The van der Waals surface area contributed by atoms with Crippen LogP contribution in [-0.2, 0) is 4.74 Å². The summed E-state index contributed by atoms with van der Waals surface area (Å²) in [7, 11) is 1.76. The maximum absolute atomic E-state index is 6.15. The molecule has 1 aromatic carbocycles. The van der Waals surface area contributed by atoms with Gasteiger partial charge < -0.3 is 15.8 Å². The summed E-state index contributed by atoms with van der Waals surface area (Å²) in [5.41, 5.74) is 8.86. The van der Waals surface area contributed by atoms with Gasteiger partial charge in [0, 0.05) is 25.8 Å². The molecule has 0 bridgehead atoms. The SMILES string of the molecule is COCCCCCNC1CC(N)c2ccccc21. The summed E-state index contributed by atoms with van der Waals surface area (Å²) in [6.45, 7) is 1.94. The molecule has 0 radical (unpaired) electrons. The second kappa shape index (κ2) is 6.88. The fourth-order valence-electron chi connectivity index (χ4n) is 2.69. The Kier molecular flexibility index (Phi) is 5.17. The molecule has 0 saturated carbocycles. The van der Waals surface area contributed by atoms with Crippen molar-refractivity contribution in [1.29, 1.82) is 0 Å². The van der Waals surface area contributed by atoms with E-state index in [4.69, 9.17) is 10.5 Å². The lowest BCUT2D eigenvalue weighted by Gasteiger charge is -2.13. The molecule has 0 heterocycles. The van der Waals surface area contributed by atoms with Crippen LogP contribution in [0.25, 0.3) is 0 Å². The molecule has 18 heavy (non-hydrogen) atoms. The van der Waals surface area contributed by atoms with Crippen LogP contribution in [0, 0.1) is 0 Å². The Labute approximate surface area is 110 Å². The summed E-state index contributed by atoms with van der Waals surface area (Å²) in [4.78, 5) is 0. The molecule has 0 fully saturated rings. The summed E-state index contributed by atoms with van der Waals surface area (Å²) in [6, 6.07) is 9.17. The quantitative estimate of drug-likeness (QED) is 0.729. The van der Waals surface area contributed by atoms with Gasteiger partial charge in [-0.1, -0.05) is 24.3 Å². The Hall–Kier alpha value is -0.900. The van der Waals surface area contributed by atoms with Gasteiger partial charge in [-0.25, -0.2) is 0 Å². The van der Waals surface area contributed by atoms with Crippen LogP contribution in [0.4, 0.5) is 0 Å². The van der Waals surface area contributed by atoms with Crippen molar-refractivity contribution >= 4 is 0 Å². The minimum Gasteiger partial charge on any atom is -0.385 e. The van der Waals surface area contributed by atoms with Gasteiger partial charge in [0.15, 0.2) is 0 Å². The number of nitrogens with two attached hydrogens (primary N) is 1. The molecule has 2 rings (SSSR count). The second-order valence-electron chi connectivity index (χ2n) is 5.03. The first-order valence-electron chi connectivity index (χ1n) is 6.89. The average Bonchev–Trinajstić information content (AvgIpc) is 2.71. The van der Waals surface area contributed by atoms with Crippen molar-refractivity contribution in [3.63, 3.8) is 0 Å². The molecule has 0 spiro atoms. The Balaban J connectivity index is 1.75. The van der Waals surface area contributed by atoms with E-state index in [9.17, 15) is 0 Å². The van der Waals surface area contributed by atoms with E-state index in [2.05, 4.69) is 29.6 Å². The standard InChI is InChI=1S/C15H24N2O/c1-18-10-6-2-5-9-17-15-11-14(16)12-7-3-4-8-13(12)15/h3-4,7-8,14-15,17H,2,5-6,9-11,16H2,1H3. The number of hydrogen-bond donors (Lipinski definition) is 2. The largest absolute Gasteiger partial charge is 0.385 e. The van der Waals surface area contributed by atoms with Crippen molar-refractivity contribution in [1.82, 2.24) is 5.32 Å². The van der Waals surface area contributed by atoms with Gasteiger partial charge in [-0.2, -0.15) is 0 Å². The molecule has 0 aromatic heterocycles. The number of fused-ring (bicyclic) bond motifs is 1. The summed E-state index contributed by atoms with van der Waals surface area (Å²) in [5, 5.41) is 3.62. The van der Waals surface area contributed by atoms with Crippen LogP contribution in [0.15, 0.2) is 24.3 Å². The minimum absolute atomic E-state index is 0.201. The highest BCUT2D eigenvalue weighted by Gasteiger charge is 2.27. The summed E-state index contributed by atoms with van der Waals surface area (Å²) in [6.07, 6.45) is 4.61. The zero-order valence-electron chi connectivity index (χ0n) is 11.2. The van der Waals surface area contributed by atoms with Crippen molar-refractivity contribution in [2.45, 2.75) is 37.8 Å². The third kappa shape index (κ3) is 3.31. The number of hydrogen-bond acceptors (Lipinski definition) is 3. The normalized spacial score (nSPS) is 22.1. The van der Waals surface area contributed by atoms with E-state index in [1.54, 1.807) is 7.11 Å². The highest BCUT2D eigenvalue weighted by atomic mass is 16.5. The van der Waals surface area contributed by atoms with Gasteiger partial charge in [-0.3, -0.25) is 0 Å². The van der Waals surface area contributed by atoms with E-state index in [1.807, 2.05) is 0 Å². The third-order valence-corrected chi connectivity index (χ3v) is 3.68. The first kappa shape index (κ1) is 13.5. The number of benzene rings is 1. The number of unbranched alkanes of at least 4 members (excludes halogenated alkanes) is 2. The highest BCUT2D eigenvalue weighted by molar-refractivity contribution is 5.37. The third-order valence-electron chi connectivity index (χ3n) is 3.68. The molecule has 2 unspecified atom stereocenters. The highest BCUT2D eigenvalue weighted by Crippen LogP contribution is 2.36. The van der Waals surface area contributed by atoms with Crippen molar-refractivity contribution in [3.8, 4) is 0 Å². The van der Waals surface area contributed by atoms with Gasteiger partial charge in [-0.05, 0) is 43.4 Å². The first-order chi connectivity index (χ1) is 8.83. The Bertz CT molecular complexity index is 367. The molecule has 1 aliphatic carbocycles. The zero-order valence-corrected chi connectivity index (χ0v) is 11.2. The van der Waals surface area contributed by atoms with Crippen LogP contribution < -0.4 is 11.1 Å². The molecular formula is C15H24N2O. The molecule has 2 atom stereocenters. The molecule has 0 aliphatic heterocycles. The van der Waals surface area contributed by atoms with E-state index < -0.39 is 0 Å². The lowest BCUT2D eigenvalue weighted by atomic mass is 10.1. The molecule has 0 amide bonds. The van der Waals surface area contributed by atoms with E-state index in [1.165, 1.54) is 24.0 Å². The monoisotopic (exact) mass is 248 g/mol. The molecule has 100 valence electrons. The number of nitrogens with one attached hydrogen (secondary N) is 1. The Morgan fingerprint density at radius 2 is 2.00 bits per heavy atom. The number of methoxy groups -OCH3 is 1. The van der Waals surface area contributed by atoms with Crippen LogP contribution in [0.3, 0.4) is 0 Å². The molecule has 0 saturated heterocycles. The molecule has 3 heteroatoms. The molecular weight excluding hydrogens is 224 g/mol. The number of rotatable bonds is 7. The van der Waals surface area contributed by atoms with Gasteiger partial charge in [0.2, 0.25) is 0 Å². The fourth-order valence-corrected chi connectivity index (χ4v) is 2.69. The summed E-state index contributed by atoms with van der Waals surface area (Å²) in [5.74, 6) is 0.